The molecule has 1 aromatic carbocycles. The van der Waals surface area contributed by atoms with Crippen molar-refractivity contribution in [3.05, 3.63) is 35.4 Å². The molecule has 1 amide bonds. The van der Waals surface area contributed by atoms with Gasteiger partial charge in [0.1, 0.15) is 5.60 Å². The Morgan fingerprint density at radius 3 is 2.25 bits per heavy atom. The molecule has 0 radical (unpaired) electrons. The number of carbonyl (C=O) groups is 2. The highest BCUT2D eigenvalue weighted by molar-refractivity contribution is 5.71. The topological polar surface area (TPSA) is 78.5 Å². The summed E-state index contributed by atoms with van der Waals surface area (Å²) in [5, 5.41) is 13.4. The van der Waals surface area contributed by atoms with Crippen molar-refractivity contribution in [2.24, 2.45) is 0 Å². The van der Waals surface area contributed by atoms with E-state index in [1.165, 1.54) is 0 Å². The molecule has 1 aromatic rings. The summed E-state index contributed by atoms with van der Waals surface area (Å²) in [5.74, 6) is -1.23. The van der Waals surface area contributed by atoms with Gasteiger partial charge in [-0.2, -0.15) is 0 Å². The van der Waals surface area contributed by atoms with Crippen molar-refractivity contribution in [2.45, 2.75) is 45.8 Å². The molecule has 0 heterocycles. The Morgan fingerprint density at radius 1 is 1.25 bits per heavy atom. The lowest BCUT2D eigenvalue weighted by atomic mass is 10.0. The number of rotatable bonds is 4. The zero-order valence-corrected chi connectivity index (χ0v) is 12.2. The number of benzene rings is 1. The third kappa shape index (κ3) is 5.73. The molecule has 0 fully saturated rings. The van der Waals surface area contributed by atoms with Crippen molar-refractivity contribution < 1.29 is 19.4 Å². The first-order chi connectivity index (χ1) is 9.17. The van der Waals surface area contributed by atoms with Crippen LogP contribution in [-0.4, -0.2) is 17.7 Å². The summed E-state index contributed by atoms with van der Waals surface area (Å²) >= 11 is 0. The normalized spacial score (nSPS) is 12.6. The average Bonchev–Trinajstić information content (AvgIpc) is 2.25. The summed E-state index contributed by atoms with van der Waals surface area (Å²) in [6.45, 7) is 7.16. The van der Waals surface area contributed by atoms with Crippen LogP contribution in [0.25, 0.3) is 0 Å². The third-order valence-electron chi connectivity index (χ3n) is 2.54. The van der Waals surface area contributed by atoms with Crippen molar-refractivity contribution in [1.82, 2.24) is 5.32 Å². The van der Waals surface area contributed by atoms with Crippen LogP contribution in [0, 0.1) is 6.92 Å². The molecule has 0 aromatic heterocycles. The molecule has 20 heavy (non-hydrogen) atoms. The van der Waals surface area contributed by atoms with Gasteiger partial charge in [0.2, 0.25) is 0 Å². The number of ether oxygens (including phenoxy) is 1. The van der Waals surface area contributed by atoms with E-state index in [2.05, 4.69) is 5.32 Å². The lowest BCUT2D eigenvalue weighted by Crippen LogP contribution is -2.37. The number of carboxylic acid groups (broad SMARTS) is 1. The van der Waals surface area contributed by atoms with E-state index in [0.717, 1.165) is 5.56 Å². The van der Waals surface area contributed by atoms with E-state index in [1.54, 1.807) is 32.9 Å². The molecule has 0 bridgehead atoms. The fourth-order valence-corrected chi connectivity index (χ4v) is 1.67. The number of hydrogen-bond acceptors (Lipinski definition) is 4. The average molecular weight is 278 g/mol. The second kappa shape index (κ2) is 6.41. The van der Waals surface area contributed by atoms with Crippen LogP contribution in [0.2, 0.25) is 0 Å². The predicted octanol–water partition coefficient (Wildman–Crippen LogP) is 1.70. The fraction of sp³-hybridized carbons (Fsp3) is 0.467. The first-order valence-electron chi connectivity index (χ1n) is 6.43. The molecule has 1 atom stereocenters. The van der Waals surface area contributed by atoms with Gasteiger partial charge in [-0.15, -0.1) is 0 Å². The van der Waals surface area contributed by atoms with Crippen LogP contribution in [0.4, 0.5) is 4.79 Å². The Bertz CT molecular complexity index is 474. The van der Waals surface area contributed by atoms with Gasteiger partial charge in [0.25, 0.3) is 0 Å². The number of hydrogen-bond donors (Lipinski definition) is 1. The Balaban J connectivity index is 2.82. The number of carboxylic acids is 1. The lowest BCUT2D eigenvalue weighted by molar-refractivity contribution is -0.306. The Kier molecular flexibility index (Phi) is 5.13. The molecule has 110 valence electrons. The summed E-state index contributed by atoms with van der Waals surface area (Å²) in [5.41, 5.74) is 1.12. The molecule has 0 aliphatic heterocycles. The minimum Gasteiger partial charge on any atom is -0.550 e. The van der Waals surface area contributed by atoms with Crippen LogP contribution in [0.1, 0.15) is 44.4 Å². The highest BCUT2D eigenvalue weighted by Crippen LogP contribution is 2.18. The number of aryl methyl sites for hydroxylation is 1. The van der Waals surface area contributed by atoms with Gasteiger partial charge in [0.05, 0.1) is 6.04 Å². The number of nitrogens with one attached hydrogen (secondary N) is 1. The maximum atomic E-state index is 11.7. The highest BCUT2D eigenvalue weighted by atomic mass is 16.6. The second-order valence-electron chi connectivity index (χ2n) is 5.69. The molecule has 0 saturated carbocycles. The van der Waals surface area contributed by atoms with Gasteiger partial charge in [-0.1, -0.05) is 29.8 Å². The molecule has 5 nitrogen and oxygen atoms in total. The number of carbonyl (C=O) groups excluding carboxylic acids is 2. The van der Waals surface area contributed by atoms with Gasteiger partial charge in [-0.25, -0.2) is 4.79 Å². The van der Waals surface area contributed by atoms with E-state index < -0.39 is 23.7 Å². The van der Waals surface area contributed by atoms with Crippen LogP contribution in [0.5, 0.6) is 0 Å². The number of aliphatic carboxylic acids is 1. The third-order valence-corrected chi connectivity index (χ3v) is 2.54. The largest absolute Gasteiger partial charge is 0.550 e. The fourth-order valence-electron chi connectivity index (χ4n) is 1.67. The van der Waals surface area contributed by atoms with Crippen LogP contribution in [0.15, 0.2) is 24.3 Å². The Labute approximate surface area is 118 Å². The summed E-state index contributed by atoms with van der Waals surface area (Å²) in [4.78, 5) is 22.6. The highest BCUT2D eigenvalue weighted by Gasteiger charge is 2.20. The number of amides is 1. The summed E-state index contributed by atoms with van der Waals surface area (Å²) < 4.78 is 5.13. The van der Waals surface area contributed by atoms with Crippen molar-refractivity contribution in [3.63, 3.8) is 0 Å². The first-order valence-corrected chi connectivity index (χ1v) is 6.43. The zero-order chi connectivity index (χ0) is 15.3. The minimum absolute atomic E-state index is 0.303. The van der Waals surface area contributed by atoms with Gasteiger partial charge >= 0.3 is 6.09 Å². The van der Waals surface area contributed by atoms with E-state index >= 15 is 0 Å². The van der Waals surface area contributed by atoms with Crippen molar-refractivity contribution in [2.75, 3.05) is 0 Å². The molecule has 1 rings (SSSR count). The smallest absolute Gasteiger partial charge is 0.408 e. The molecular formula is C15H20NO4-. The van der Waals surface area contributed by atoms with Crippen molar-refractivity contribution in [3.8, 4) is 0 Å². The van der Waals surface area contributed by atoms with Crippen LogP contribution in [0.3, 0.4) is 0 Å². The Morgan fingerprint density at radius 2 is 1.80 bits per heavy atom. The SMILES string of the molecule is Cc1ccc([C@H](CC(=O)[O-])NC(=O)OC(C)(C)C)cc1. The van der Waals surface area contributed by atoms with Gasteiger partial charge in [-0.3, -0.25) is 0 Å². The standard InChI is InChI=1S/C15H21NO4/c1-10-5-7-11(8-6-10)12(9-13(17)18)16-14(19)20-15(2,3)4/h5-8,12H,9H2,1-4H3,(H,16,19)(H,17,18)/p-1/t12-/m0/s1. The molecule has 0 saturated heterocycles. The monoisotopic (exact) mass is 278 g/mol. The first kappa shape index (κ1) is 16.0. The zero-order valence-electron chi connectivity index (χ0n) is 12.2. The molecule has 0 unspecified atom stereocenters. The molecular weight excluding hydrogens is 258 g/mol. The van der Waals surface area contributed by atoms with Gasteiger partial charge in [0.15, 0.2) is 0 Å². The molecule has 0 aliphatic carbocycles. The summed E-state index contributed by atoms with van der Waals surface area (Å²) in [7, 11) is 0. The van der Waals surface area contributed by atoms with E-state index in [-0.39, 0.29) is 6.42 Å². The second-order valence-corrected chi connectivity index (χ2v) is 5.69. The molecule has 0 spiro atoms. The summed E-state index contributed by atoms with van der Waals surface area (Å²) in [6.07, 6.45) is -0.952. The van der Waals surface area contributed by atoms with E-state index in [9.17, 15) is 14.7 Å². The maximum absolute atomic E-state index is 11.7. The van der Waals surface area contributed by atoms with Gasteiger partial charge in [-0.05, 0) is 33.3 Å². The van der Waals surface area contributed by atoms with E-state index in [1.807, 2.05) is 19.1 Å². The van der Waals surface area contributed by atoms with E-state index in [4.69, 9.17) is 4.74 Å². The van der Waals surface area contributed by atoms with Gasteiger partial charge in [0, 0.05) is 12.4 Å². The van der Waals surface area contributed by atoms with Crippen LogP contribution >= 0.6 is 0 Å². The van der Waals surface area contributed by atoms with Crippen LogP contribution in [-0.2, 0) is 9.53 Å². The van der Waals surface area contributed by atoms with Gasteiger partial charge < -0.3 is 20.0 Å². The summed E-state index contributed by atoms with van der Waals surface area (Å²) in [6, 6.07) is 6.60. The van der Waals surface area contributed by atoms with Crippen molar-refractivity contribution >= 4 is 12.1 Å². The quantitative estimate of drug-likeness (QED) is 0.909. The minimum atomic E-state index is -1.23. The predicted molar refractivity (Wildman–Crippen MR) is 72.9 cm³/mol. The molecule has 0 aliphatic rings. The number of alkyl carbamates (subject to hydrolysis) is 1. The van der Waals surface area contributed by atoms with Crippen LogP contribution < -0.4 is 10.4 Å². The Hall–Kier alpha value is -2.04. The maximum Gasteiger partial charge on any atom is 0.408 e. The lowest BCUT2D eigenvalue weighted by Gasteiger charge is -2.24. The molecule has 5 heteroatoms. The molecule has 1 N–H and O–H groups in total. The van der Waals surface area contributed by atoms with Crippen molar-refractivity contribution in [1.29, 1.82) is 0 Å². The van der Waals surface area contributed by atoms with E-state index in [0.29, 0.717) is 5.56 Å².